The van der Waals surface area contributed by atoms with E-state index in [9.17, 15) is 43.9 Å². The van der Waals surface area contributed by atoms with Gasteiger partial charge < -0.3 is 0 Å². The summed E-state index contributed by atoms with van der Waals surface area (Å²) in [4.78, 5) is 3.11. The van der Waals surface area contributed by atoms with Crippen molar-refractivity contribution in [3.63, 3.8) is 0 Å². The van der Waals surface area contributed by atoms with Crippen LogP contribution in [0.3, 0.4) is 0 Å². The van der Waals surface area contributed by atoms with E-state index in [0.717, 1.165) is 18.2 Å². The lowest BCUT2D eigenvalue weighted by molar-refractivity contribution is -0.146. The van der Waals surface area contributed by atoms with Crippen molar-refractivity contribution in [2.45, 2.75) is 12.4 Å². The Kier molecular flexibility index (Phi) is 4.12. The molecule has 0 radical (unpaired) electrons. The molecule has 0 amide bonds. The molecule has 0 saturated heterocycles. The van der Waals surface area contributed by atoms with Crippen LogP contribution in [0.5, 0.6) is 0 Å². The predicted octanol–water partition coefficient (Wildman–Crippen LogP) is 5.62. The molecule has 3 aromatic rings. The number of rotatable bonds is 1. The highest BCUT2D eigenvalue weighted by atomic mass is 19.4. The average molecular weight is 402 g/mol. The van der Waals surface area contributed by atoms with Crippen molar-refractivity contribution in [3.8, 4) is 5.69 Å². The number of benzene rings is 2. The van der Waals surface area contributed by atoms with Crippen LogP contribution in [0.25, 0.3) is 16.7 Å². The summed E-state index contributed by atoms with van der Waals surface area (Å²) in [6.45, 7) is 0. The molecular weight excluding hydrogens is 398 g/mol. The lowest BCUT2D eigenvalue weighted by Gasteiger charge is -2.17. The van der Waals surface area contributed by atoms with Crippen molar-refractivity contribution in [2.75, 3.05) is 0 Å². The number of aromatic nitrogens is 2. The van der Waals surface area contributed by atoms with Crippen molar-refractivity contribution in [3.05, 3.63) is 58.9 Å². The van der Waals surface area contributed by atoms with Crippen molar-refractivity contribution >= 4 is 11.0 Å². The van der Waals surface area contributed by atoms with Gasteiger partial charge in [0, 0.05) is 0 Å². The van der Waals surface area contributed by atoms with Crippen LogP contribution in [0.4, 0.5) is 43.9 Å². The Bertz CT molecular complexity index is 1020. The largest absolute Gasteiger partial charge is 0.450 e. The Morgan fingerprint density at radius 3 is 1.70 bits per heavy atom. The van der Waals surface area contributed by atoms with Crippen LogP contribution in [0.15, 0.2) is 24.3 Å². The summed E-state index contributed by atoms with van der Waals surface area (Å²) in [6, 6.07) is 4.26. The summed E-state index contributed by atoms with van der Waals surface area (Å²) in [5.41, 5.74) is -5.97. The average Bonchev–Trinajstić information content (AvgIpc) is 2.92. The molecule has 0 unspecified atom stereocenters. The second-order valence-electron chi connectivity index (χ2n) is 5.23. The highest BCUT2D eigenvalue weighted by Gasteiger charge is 2.45. The van der Waals surface area contributed by atoms with Gasteiger partial charge in [-0.3, -0.25) is 4.57 Å². The van der Waals surface area contributed by atoms with Gasteiger partial charge in [-0.15, -0.1) is 0 Å². The van der Waals surface area contributed by atoms with Crippen molar-refractivity contribution in [1.29, 1.82) is 0 Å². The molecule has 0 aliphatic carbocycles. The van der Waals surface area contributed by atoms with E-state index in [0.29, 0.717) is 0 Å². The number of hydrogen-bond acceptors (Lipinski definition) is 1. The van der Waals surface area contributed by atoms with Crippen LogP contribution in [-0.4, -0.2) is 9.55 Å². The molecule has 0 atom stereocenters. The summed E-state index contributed by atoms with van der Waals surface area (Å²) in [5.74, 6) is -13.0. The quantitative estimate of drug-likeness (QED) is 0.382. The highest BCUT2D eigenvalue weighted by Crippen LogP contribution is 2.40. The monoisotopic (exact) mass is 402 g/mol. The fourth-order valence-corrected chi connectivity index (χ4v) is 2.51. The van der Waals surface area contributed by atoms with Gasteiger partial charge >= 0.3 is 12.4 Å². The molecule has 1 heterocycles. The van der Waals surface area contributed by atoms with Crippen molar-refractivity contribution < 1.29 is 43.9 Å². The van der Waals surface area contributed by atoms with Gasteiger partial charge in [0.2, 0.25) is 5.82 Å². The van der Waals surface area contributed by atoms with Gasteiger partial charge in [-0.05, 0) is 12.1 Å². The summed E-state index contributed by atoms with van der Waals surface area (Å²) in [5, 5.41) is 0. The Morgan fingerprint density at radius 2 is 1.22 bits per heavy atom. The molecular formula is C15H4F10N2. The second kappa shape index (κ2) is 5.86. The Labute approximate surface area is 142 Å². The Balaban J connectivity index is 2.50. The van der Waals surface area contributed by atoms with E-state index < -0.39 is 63.7 Å². The maximum Gasteiger partial charge on any atom is 0.450 e. The molecule has 0 saturated carbocycles. The third-order valence-electron chi connectivity index (χ3n) is 3.56. The minimum absolute atomic E-state index is 0.313. The first-order valence-electron chi connectivity index (χ1n) is 6.84. The number of nitrogens with zero attached hydrogens (tertiary/aromatic N) is 2. The molecule has 0 aliphatic rings. The molecule has 144 valence electrons. The minimum atomic E-state index is -5.82. The van der Waals surface area contributed by atoms with E-state index in [1.807, 2.05) is 0 Å². The van der Waals surface area contributed by atoms with E-state index in [4.69, 9.17) is 0 Å². The first-order valence-corrected chi connectivity index (χ1v) is 6.84. The topological polar surface area (TPSA) is 17.8 Å². The van der Waals surface area contributed by atoms with Crippen LogP contribution in [-0.2, 0) is 12.4 Å². The molecule has 27 heavy (non-hydrogen) atoms. The normalized spacial score (nSPS) is 12.8. The van der Waals surface area contributed by atoms with E-state index in [-0.39, 0.29) is 4.57 Å². The van der Waals surface area contributed by atoms with Gasteiger partial charge in [0.05, 0.1) is 11.0 Å². The molecule has 2 nitrogen and oxygen atoms in total. The molecule has 0 spiro atoms. The maximum atomic E-state index is 14.2. The van der Waals surface area contributed by atoms with E-state index in [2.05, 4.69) is 4.98 Å². The molecule has 2 aromatic carbocycles. The van der Waals surface area contributed by atoms with Crippen LogP contribution in [0, 0.1) is 23.3 Å². The van der Waals surface area contributed by atoms with E-state index in [1.54, 1.807) is 0 Å². The molecule has 0 aliphatic heterocycles. The van der Waals surface area contributed by atoms with Crippen LogP contribution >= 0.6 is 0 Å². The number of hydrogen-bond donors (Lipinski definition) is 0. The van der Waals surface area contributed by atoms with Crippen LogP contribution in [0.2, 0.25) is 0 Å². The summed E-state index contributed by atoms with van der Waals surface area (Å²) in [7, 11) is 0. The van der Waals surface area contributed by atoms with Crippen LogP contribution < -0.4 is 0 Å². The minimum Gasteiger partial charge on any atom is -0.283 e. The SMILES string of the molecule is Fc1c(F)c(C(F)(F)F)c(F)c(F)c1-n1c(C(F)(F)F)nc2ccccc21. The number of alkyl halides is 6. The molecule has 0 N–H and O–H groups in total. The van der Waals surface area contributed by atoms with E-state index >= 15 is 0 Å². The predicted molar refractivity (Wildman–Crippen MR) is 70.9 cm³/mol. The Hall–Kier alpha value is -2.79. The lowest BCUT2D eigenvalue weighted by atomic mass is 10.1. The smallest absolute Gasteiger partial charge is 0.283 e. The number of halogens is 10. The first kappa shape index (κ1) is 19.0. The van der Waals surface area contributed by atoms with Gasteiger partial charge in [0.25, 0.3) is 0 Å². The van der Waals surface area contributed by atoms with Crippen molar-refractivity contribution in [2.24, 2.45) is 0 Å². The molecule has 0 fully saturated rings. The zero-order chi connectivity index (χ0) is 20.3. The van der Waals surface area contributed by atoms with Gasteiger partial charge in [0.15, 0.2) is 23.3 Å². The zero-order valence-electron chi connectivity index (χ0n) is 12.5. The third kappa shape index (κ3) is 2.88. The van der Waals surface area contributed by atoms with Crippen molar-refractivity contribution in [1.82, 2.24) is 9.55 Å². The second-order valence-corrected chi connectivity index (χ2v) is 5.23. The fraction of sp³-hybridized carbons (Fsp3) is 0.133. The molecule has 1 aromatic heterocycles. The molecule has 12 heteroatoms. The van der Waals surface area contributed by atoms with Crippen LogP contribution in [0.1, 0.15) is 11.4 Å². The standard InChI is InChI=1S/C15H4F10N2/c16-8-7(14(20,21)22)9(17)11(19)12(10(8)18)27-6-4-2-1-3-5(6)26-13(27)15(23,24)25/h1-4H. The lowest BCUT2D eigenvalue weighted by Crippen LogP contribution is -2.20. The first-order chi connectivity index (χ1) is 12.4. The zero-order valence-corrected chi connectivity index (χ0v) is 12.5. The highest BCUT2D eigenvalue weighted by molar-refractivity contribution is 5.78. The van der Waals surface area contributed by atoms with E-state index in [1.165, 1.54) is 6.07 Å². The third-order valence-corrected chi connectivity index (χ3v) is 3.56. The number of para-hydroxylation sites is 2. The molecule has 0 bridgehead atoms. The van der Waals surface area contributed by atoms with Gasteiger partial charge in [-0.2, -0.15) is 26.3 Å². The number of imidazole rings is 1. The van der Waals surface area contributed by atoms with Gasteiger partial charge in [-0.25, -0.2) is 22.5 Å². The maximum absolute atomic E-state index is 14.2. The van der Waals surface area contributed by atoms with Gasteiger partial charge in [-0.1, -0.05) is 12.1 Å². The van der Waals surface area contributed by atoms with Gasteiger partial charge in [0.1, 0.15) is 11.3 Å². The molecule has 3 rings (SSSR count). The Morgan fingerprint density at radius 1 is 0.704 bits per heavy atom. The fourth-order valence-electron chi connectivity index (χ4n) is 2.51. The summed E-state index contributed by atoms with van der Waals surface area (Å²) >= 11 is 0. The summed E-state index contributed by atoms with van der Waals surface area (Å²) in [6.07, 6.45) is -11.2. The number of fused-ring (bicyclic) bond motifs is 1. The summed E-state index contributed by atoms with van der Waals surface area (Å²) < 4.78 is 133.